The fourth-order valence-corrected chi connectivity index (χ4v) is 1.89. The highest BCUT2D eigenvalue weighted by Gasteiger charge is 2.13. The molecule has 4 heteroatoms. The smallest absolute Gasteiger partial charge is 0.0791 e. The molecule has 90 valence electrons. The van der Waals surface area contributed by atoms with Crippen LogP contribution in [0.1, 0.15) is 12.8 Å². The van der Waals surface area contributed by atoms with Gasteiger partial charge in [-0.15, -0.1) is 0 Å². The lowest BCUT2D eigenvalue weighted by atomic mass is 10.0. The lowest BCUT2D eigenvalue weighted by Gasteiger charge is -2.23. The minimum atomic E-state index is -0.264. The van der Waals surface area contributed by atoms with E-state index in [-0.39, 0.29) is 6.10 Å². The molecule has 1 heterocycles. The van der Waals surface area contributed by atoms with Crippen LogP contribution < -0.4 is 5.32 Å². The molecule has 1 aliphatic heterocycles. The van der Waals surface area contributed by atoms with E-state index in [0.717, 1.165) is 45.1 Å². The summed E-state index contributed by atoms with van der Waals surface area (Å²) in [7, 11) is 3.95. The van der Waals surface area contributed by atoms with Gasteiger partial charge >= 0.3 is 0 Å². The van der Waals surface area contributed by atoms with Gasteiger partial charge in [-0.25, -0.2) is 0 Å². The van der Waals surface area contributed by atoms with Crippen LogP contribution in [0, 0.1) is 5.92 Å². The number of hydrogen-bond donors (Lipinski definition) is 2. The van der Waals surface area contributed by atoms with Gasteiger partial charge in [-0.1, -0.05) is 0 Å². The van der Waals surface area contributed by atoms with Gasteiger partial charge < -0.3 is 20.1 Å². The molecular weight excluding hydrogens is 192 g/mol. The first-order valence-electron chi connectivity index (χ1n) is 5.79. The van der Waals surface area contributed by atoms with Gasteiger partial charge in [0.05, 0.1) is 6.10 Å². The fraction of sp³-hybridized carbons (Fsp3) is 1.00. The van der Waals surface area contributed by atoms with Crippen LogP contribution in [-0.2, 0) is 4.74 Å². The lowest BCUT2D eigenvalue weighted by Crippen LogP contribution is -2.37. The van der Waals surface area contributed by atoms with E-state index in [1.54, 1.807) is 0 Å². The molecule has 15 heavy (non-hydrogen) atoms. The van der Waals surface area contributed by atoms with Crippen LogP contribution >= 0.6 is 0 Å². The second kappa shape index (κ2) is 7.17. The minimum absolute atomic E-state index is 0.264. The normalized spacial score (nSPS) is 20.8. The Balaban J connectivity index is 1.99. The van der Waals surface area contributed by atoms with E-state index in [1.165, 1.54) is 0 Å². The standard InChI is InChI=1S/C11H24N2O2/c1-13(2)9-11(14)8-12-7-10-3-5-15-6-4-10/h10-12,14H,3-9H2,1-2H3. The molecule has 1 saturated heterocycles. The maximum absolute atomic E-state index is 9.62. The average Bonchev–Trinajstić information content (AvgIpc) is 2.18. The molecule has 1 unspecified atom stereocenters. The quantitative estimate of drug-likeness (QED) is 0.652. The van der Waals surface area contributed by atoms with Crippen molar-refractivity contribution in [1.29, 1.82) is 0 Å². The van der Waals surface area contributed by atoms with Crippen LogP contribution in [-0.4, -0.2) is 63.1 Å². The molecule has 0 bridgehead atoms. The molecule has 2 N–H and O–H groups in total. The third-order valence-corrected chi connectivity index (χ3v) is 2.73. The Morgan fingerprint density at radius 2 is 2.07 bits per heavy atom. The summed E-state index contributed by atoms with van der Waals surface area (Å²) in [5, 5.41) is 12.9. The van der Waals surface area contributed by atoms with E-state index >= 15 is 0 Å². The monoisotopic (exact) mass is 216 g/mol. The Kier molecular flexibility index (Phi) is 6.17. The molecule has 1 aliphatic rings. The Labute approximate surface area is 92.6 Å². The average molecular weight is 216 g/mol. The van der Waals surface area contributed by atoms with Crippen molar-refractivity contribution in [2.45, 2.75) is 18.9 Å². The van der Waals surface area contributed by atoms with Gasteiger partial charge in [0, 0.05) is 26.3 Å². The van der Waals surface area contributed by atoms with Crippen molar-refractivity contribution in [2.24, 2.45) is 5.92 Å². The van der Waals surface area contributed by atoms with Crippen molar-refractivity contribution in [3.05, 3.63) is 0 Å². The van der Waals surface area contributed by atoms with Gasteiger partial charge in [-0.05, 0) is 39.4 Å². The SMILES string of the molecule is CN(C)CC(O)CNCC1CCOCC1. The van der Waals surface area contributed by atoms with Crippen LogP contribution in [0.2, 0.25) is 0 Å². The Bertz CT molecular complexity index is 159. The number of nitrogens with zero attached hydrogens (tertiary/aromatic N) is 1. The van der Waals surface area contributed by atoms with Crippen molar-refractivity contribution in [2.75, 3.05) is 46.9 Å². The summed E-state index contributed by atoms with van der Waals surface area (Å²) >= 11 is 0. The van der Waals surface area contributed by atoms with E-state index in [1.807, 2.05) is 19.0 Å². The van der Waals surface area contributed by atoms with E-state index < -0.39 is 0 Å². The highest BCUT2D eigenvalue weighted by Crippen LogP contribution is 2.12. The number of rotatable bonds is 6. The lowest BCUT2D eigenvalue weighted by molar-refractivity contribution is 0.0643. The fourth-order valence-electron chi connectivity index (χ4n) is 1.89. The summed E-state index contributed by atoms with van der Waals surface area (Å²) in [6.07, 6.45) is 2.04. The highest BCUT2D eigenvalue weighted by molar-refractivity contribution is 4.68. The Morgan fingerprint density at radius 1 is 1.40 bits per heavy atom. The van der Waals surface area contributed by atoms with Crippen LogP contribution in [0.4, 0.5) is 0 Å². The first-order valence-corrected chi connectivity index (χ1v) is 5.79. The molecule has 0 radical (unpaired) electrons. The topological polar surface area (TPSA) is 44.7 Å². The van der Waals surface area contributed by atoms with Gasteiger partial charge in [-0.2, -0.15) is 0 Å². The third-order valence-electron chi connectivity index (χ3n) is 2.73. The number of aliphatic hydroxyl groups excluding tert-OH is 1. The number of ether oxygens (including phenoxy) is 1. The van der Waals surface area contributed by atoms with E-state index in [0.29, 0.717) is 6.54 Å². The zero-order valence-corrected chi connectivity index (χ0v) is 9.91. The van der Waals surface area contributed by atoms with Crippen molar-refractivity contribution in [3.8, 4) is 0 Å². The summed E-state index contributed by atoms with van der Waals surface area (Å²) in [5.41, 5.74) is 0. The zero-order valence-electron chi connectivity index (χ0n) is 9.91. The molecule has 0 amide bonds. The predicted molar refractivity (Wildman–Crippen MR) is 61.0 cm³/mol. The molecule has 0 aromatic carbocycles. The maximum atomic E-state index is 9.62. The summed E-state index contributed by atoms with van der Waals surface area (Å²) in [6.45, 7) is 4.21. The van der Waals surface area contributed by atoms with Gasteiger partial charge in [-0.3, -0.25) is 0 Å². The highest BCUT2D eigenvalue weighted by atomic mass is 16.5. The molecule has 0 saturated carbocycles. The van der Waals surface area contributed by atoms with Crippen molar-refractivity contribution in [1.82, 2.24) is 10.2 Å². The number of likely N-dealkylation sites (N-methyl/N-ethyl adjacent to an activating group) is 1. The van der Waals surface area contributed by atoms with Crippen LogP contribution in [0.15, 0.2) is 0 Å². The molecule has 1 rings (SSSR count). The molecule has 4 nitrogen and oxygen atoms in total. The minimum Gasteiger partial charge on any atom is -0.390 e. The van der Waals surface area contributed by atoms with E-state index in [4.69, 9.17) is 4.74 Å². The van der Waals surface area contributed by atoms with Gasteiger partial charge in [0.2, 0.25) is 0 Å². The second-order valence-electron chi connectivity index (χ2n) is 4.63. The summed E-state index contributed by atoms with van der Waals surface area (Å²) < 4.78 is 5.30. The molecular formula is C11H24N2O2. The second-order valence-corrected chi connectivity index (χ2v) is 4.63. The van der Waals surface area contributed by atoms with Crippen LogP contribution in [0.25, 0.3) is 0 Å². The summed E-state index contributed by atoms with van der Waals surface area (Å²) in [6, 6.07) is 0. The van der Waals surface area contributed by atoms with Crippen molar-refractivity contribution >= 4 is 0 Å². The van der Waals surface area contributed by atoms with E-state index in [2.05, 4.69) is 5.32 Å². The molecule has 1 fully saturated rings. The summed E-state index contributed by atoms with van der Waals surface area (Å²) in [5.74, 6) is 0.727. The molecule has 0 aromatic rings. The maximum Gasteiger partial charge on any atom is 0.0791 e. The first-order chi connectivity index (χ1) is 7.18. The predicted octanol–water partition coefficient (Wildman–Crippen LogP) is -0.0749. The number of aliphatic hydroxyl groups is 1. The van der Waals surface area contributed by atoms with Crippen molar-refractivity contribution in [3.63, 3.8) is 0 Å². The number of hydrogen-bond acceptors (Lipinski definition) is 4. The molecule has 1 atom stereocenters. The molecule has 0 aromatic heterocycles. The third kappa shape index (κ3) is 6.10. The van der Waals surface area contributed by atoms with Crippen LogP contribution in [0.3, 0.4) is 0 Å². The largest absolute Gasteiger partial charge is 0.390 e. The first kappa shape index (κ1) is 12.9. The Morgan fingerprint density at radius 3 is 2.67 bits per heavy atom. The zero-order chi connectivity index (χ0) is 11.1. The number of nitrogens with one attached hydrogen (secondary N) is 1. The van der Waals surface area contributed by atoms with Gasteiger partial charge in [0.1, 0.15) is 0 Å². The van der Waals surface area contributed by atoms with Crippen LogP contribution in [0.5, 0.6) is 0 Å². The van der Waals surface area contributed by atoms with Gasteiger partial charge in [0.25, 0.3) is 0 Å². The molecule has 0 spiro atoms. The Hall–Kier alpha value is -0.160. The molecule has 0 aliphatic carbocycles. The van der Waals surface area contributed by atoms with Gasteiger partial charge in [0.15, 0.2) is 0 Å². The van der Waals surface area contributed by atoms with E-state index in [9.17, 15) is 5.11 Å². The summed E-state index contributed by atoms with van der Waals surface area (Å²) in [4.78, 5) is 2.00. The van der Waals surface area contributed by atoms with Crippen molar-refractivity contribution < 1.29 is 9.84 Å².